The third-order valence-corrected chi connectivity index (χ3v) is 3.99. The summed E-state index contributed by atoms with van der Waals surface area (Å²) in [7, 11) is -7.32. The van der Waals surface area contributed by atoms with E-state index in [0.29, 0.717) is 0 Å². The van der Waals surface area contributed by atoms with Crippen molar-refractivity contribution in [3.63, 3.8) is 0 Å². The zero-order valence-corrected chi connectivity index (χ0v) is 11.9. The molecule has 0 aromatic carbocycles. The number of sulfone groups is 1. The lowest BCUT2D eigenvalue weighted by molar-refractivity contribution is -0.382. The van der Waals surface area contributed by atoms with Gasteiger partial charge >= 0.3 is 29.2 Å². The number of carbonyl (C=O) groups excluding carboxylic acids is 2. The predicted octanol–water partition coefficient (Wildman–Crippen LogP) is 2.11. The molecule has 0 bridgehead atoms. The summed E-state index contributed by atoms with van der Waals surface area (Å²) in [5.74, 6) is -17.6. The number of ether oxygens (including phenoxy) is 1. The molecule has 0 saturated carbocycles. The van der Waals surface area contributed by atoms with Crippen molar-refractivity contribution >= 4 is 21.7 Å². The smallest absolute Gasteiger partial charge is 0.460 e. The normalized spacial score (nSPS) is 14.1. The Morgan fingerprint density at radius 2 is 1.38 bits per heavy atom. The van der Waals surface area contributed by atoms with Crippen LogP contribution in [0.25, 0.3) is 0 Å². The lowest BCUT2D eigenvalue weighted by Crippen LogP contribution is -2.63. The molecule has 0 radical (unpaired) electrons. The topological polar surface area (TPSA) is 77.5 Å². The summed E-state index contributed by atoms with van der Waals surface area (Å²) in [4.78, 5) is 18.3. The Morgan fingerprint density at radius 3 is 1.67 bits per heavy atom. The molecular weight excluding hydrogens is 391 g/mol. The molecule has 0 saturated heterocycles. The Hall–Kier alpha value is -1.76. The molecule has 5 nitrogen and oxygen atoms in total. The van der Waals surface area contributed by atoms with E-state index >= 15 is 0 Å². The maximum atomic E-state index is 13.3. The van der Waals surface area contributed by atoms with Crippen molar-refractivity contribution in [3.8, 4) is 0 Å². The van der Waals surface area contributed by atoms with E-state index in [9.17, 15) is 57.5 Å². The third-order valence-electron chi connectivity index (χ3n) is 2.28. The van der Waals surface area contributed by atoms with Crippen LogP contribution < -0.4 is 0 Å². The average molecular weight is 396 g/mol. The number of esters is 1. The van der Waals surface area contributed by atoms with Crippen molar-refractivity contribution in [1.29, 1.82) is 0 Å². The van der Waals surface area contributed by atoms with Crippen molar-refractivity contribution in [2.75, 3.05) is 6.61 Å². The maximum Gasteiger partial charge on any atom is 0.460 e. The molecule has 0 spiro atoms. The van der Waals surface area contributed by atoms with Gasteiger partial charge < -0.3 is 4.74 Å². The Balaban J connectivity index is 6.42. The van der Waals surface area contributed by atoms with Gasteiger partial charge in [-0.2, -0.15) is 39.5 Å². The fourth-order valence-electron chi connectivity index (χ4n) is 1.06. The van der Waals surface area contributed by atoms with Crippen LogP contribution in [0.1, 0.15) is 6.92 Å². The van der Waals surface area contributed by atoms with Crippen molar-refractivity contribution < 1.29 is 62.3 Å². The molecule has 0 aromatic heterocycles. The van der Waals surface area contributed by atoms with Gasteiger partial charge in [-0.1, -0.05) is 0 Å². The Bertz CT molecular complexity index is 657. The molecule has 15 heteroatoms. The van der Waals surface area contributed by atoms with Gasteiger partial charge in [-0.3, -0.25) is 0 Å². The van der Waals surface area contributed by atoms with E-state index in [4.69, 9.17) is 0 Å². The second-order valence-corrected chi connectivity index (χ2v) is 5.75. The van der Waals surface area contributed by atoms with Crippen molar-refractivity contribution in [1.82, 2.24) is 0 Å². The predicted molar refractivity (Wildman–Crippen MR) is 55.7 cm³/mol. The summed E-state index contributed by atoms with van der Waals surface area (Å²) >= 11 is 0. The molecule has 0 fully saturated rings. The summed E-state index contributed by atoms with van der Waals surface area (Å²) in [5, 5.41) is -7.20. The Kier molecular flexibility index (Phi) is 5.81. The number of hydrogen-bond acceptors (Lipinski definition) is 5. The SMILES string of the molecule is CCOC(=O)C(=C=O)S(=O)(=O)C(F)(F)C(F)(F)C(F)(F)C(F)(F)F. The summed E-state index contributed by atoms with van der Waals surface area (Å²) in [5.41, 5.74) is 0. The van der Waals surface area contributed by atoms with Gasteiger partial charge in [0.2, 0.25) is 4.91 Å². The first-order chi connectivity index (χ1) is 10.4. The zero-order chi connectivity index (χ0) is 19.8. The Labute approximate surface area is 127 Å². The van der Waals surface area contributed by atoms with E-state index in [0.717, 1.165) is 6.92 Å². The molecule has 0 amide bonds. The molecule has 0 aromatic rings. The van der Waals surface area contributed by atoms with E-state index in [1.54, 1.807) is 0 Å². The molecule has 140 valence electrons. The highest BCUT2D eigenvalue weighted by Crippen LogP contribution is 2.55. The number of alkyl halides is 9. The number of hydrogen-bond donors (Lipinski definition) is 0. The maximum absolute atomic E-state index is 13.3. The van der Waals surface area contributed by atoms with Crippen LogP contribution in [-0.4, -0.2) is 50.2 Å². The molecule has 0 heterocycles. The van der Waals surface area contributed by atoms with Crippen LogP contribution >= 0.6 is 0 Å². The minimum absolute atomic E-state index is 0.0400. The molecule has 0 unspecified atom stereocenters. The second kappa shape index (κ2) is 6.27. The first-order valence-electron chi connectivity index (χ1n) is 5.30. The van der Waals surface area contributed by atoms with Crippen LogP contribution in [0.2, 0.25) is 0 Å². The Morgan fingerprint density at radius 1 is 0.958 bits per heavy atom. The fourth-order valence-corrected chi connectivity index (χ4v) is 2.17. The first kappa shape index (κ1) is 22.2. The van der Waals surface area contributed by atoms with E-state index in [-0.39, 0.29) is 5.94 Å². The van der Waals surface area contributed by atoms with Crippen molar-refractivity contribution in [3.05, 3.63) is 4.91 Å². The minimum atomic E-state index is -7.56. The van der Waals surface area contributed by atoms with Gasteiger partial charge in [0.15, 0.2) is 5.94 Å². The largest absolute Gasteiger partial charge is 0.461 e. The second-order valence-electron chi connectivity index (χ2n) is 3.82. The molecule has 0 aliphatic rings. The summed E-state index contributed by atoms with van der Waals surface area (Å²) in [6, 6.07) is 0. The van der Waals surface area contributed by atoms with Crippen LogP contribution in [0.15, 0.2) is 4.91 Å². The average Bonchev–Trinajstić information content (AvgIpc) is 2.37. The number of halogens is 9. The van der Waals surface area contributed by atoms with E-state index in [1.165, 1.54) is 0 Å². The summed E-state index contributed by atoms with van der Waals surface area (Å²) < 4.78 is 140. The van der Waals surface area contributed by atoms with Gasteiger partial charge in [-0.05, 0) is 6.92 Å². The third kappa shape index (κ3) is 3.09. The zero-order valence-electron chi connectivity index (χ0n) is 11.1. The molecule has 0 rings (SSSR count). The van der Waals surface area contributed by atoms with Crippen LogP contribution in [0.5, 0.6) is 0 Å². The minimum Gasteiger partial charge on any atom is -0.461 e. The lowest BCUT2D eigenvalue weighted by Gasteiger charge is -2.32. The van der Waals surface area contributed by atoms with E-state index in [1.807, 2.05) is 0 Å². The van der Waals surface area contributed by atoms with Gasteiger partial charge in [-0.15, -0.1) is 0 Å². The van der Waals surface area contributed by atoms with Crippen LogP contribution in [0.4, 0.5) is 39.5 Å². The van der Waals surface area contributed by atoms with Crippen LogP contribution in [0, 0.1) is 0 Å². The molecule has 24 heavy (non-hydrogen) atoms. The quantitative estimate of drug-likeness (QED) is 0.298. The van der Waals surface area contributed by atoms with Crippen molar-refractivity contribution in [2.24, 2.45) is 0 Å². The molecule has 0 aliphatic carbocycles. The van der Waals surface area contributed by atoms with Crippen LogP contribution in [-0.2, 0) is 24.2 Å². The van der Waals surface area contributed by atoms with Gasteiger partial charge in [0.1, 0.15) is 0 Å². The van der Waals surface area contributed by atoms with Gasteiger partial charge in [0.25, 0.3) is 9.84 Å². The highest BCUT2D eigenvalue weighted by molar-refractivity contribution is 7.97. The van der Waals surface area contributed by atoms with Crippen LogP contribution in [0.3, 0.4) is 0 Å². The first-order valence-corrected chi connectivity index (χ1v) is 6.78. The lowest BCUT2D eigenvalue weighted by atomic mass is 10.1. The van der Waals surface area contributed by atoms with Crippen molar-refractivity contribution in [2.45, 2.75) is 30.2 Å². The molecular formula is C9H5F9O5S. The molecule has 0 atom stereocenters. The van der Waals surface area contributed by atoms with Gasteiger partial charge in [-0.25, -0.2) is 18.0 Å². The highest BCUT2D eigenvalue weighted by atomic mass is 32.2. The molecule has 0 aliphatic heterocycles. The highest BCUT2D eigenvalue weighted by Gasteiger charge is 2.85. The standard InChI is InChI=1S/C9H5F9O5S/c1-2-23-5(20)4(3-19)24(21,22)9(17,18)7(12,13)6(10,11)8(14,15)16/h2H2,1H3. The van der Waals surface area contributed by atoms with E-state index in [2.05, 4.69) is 4.74 Å². The number of rotatable bonds is 6. The summed E-state index contributed by atoms with van der Waals surface area (Å²) in [6.45, 7) is 0.164. The fraction of sp³-hybridized carbons (Fsp3) is 0.667. The molecule has 0 N–H and O–H groups in total. The summed E-state index contributed by atoms with van der Waals surface area (Å²) in [6.07, 6.45) is -7.27. The monoisotopic (exact) mass is 396 g/mol. The van der Waals surface area contributed by atoms with E-state index < -0.39 is 50.6 Å². The number of carbonyl (C=O) groups is 1. The van der Waals surface area contributed by atoms with Gasteiger partial charge in [0, 0.05) is 0 Å². The van der Waals surface area contributed by atoms with Gasteiger partial charge in [0.05, 0.1) is 6.61 Å².